The molecule has 3 aromatic carbocycles. The molecule has 0 saturated heterocycles. The zero-order valence-corrected chi connectivity index (χ0v) is 20.8. The van der Waals surface area contributed by atoms with Crippen LogP contribution in [0.25, 0.3) is 11.0 Å². The predicted molar refractivity (Wildman–Crippen MR) is 141 cm³/mol. The number of aryl methyl sites for hydroxylation is 1. The third-order valence-corrected chi connectivity index (χ3v) is 7.57. The van der Waals surface area contributed by atoms with Gasteiger partial charge in [-0.25, -0.2) is 4.39 Å². The normalized spacial score (nSPS) is 17.9. The average Bonchev–Trinajstić information content (AvgIpc) is 3.60. The zero-order chi connectivity index (χ0) is 26.9. The SMILES string of the molecule is Cc1ccc2oc3c(c(=O)c2c1)[C@@]1(C(=O)N(Cc2ccccc2F)c2ccccc21)N(Cc1ccco1)C3=O. The molecule has 2 aliphatic rings. The van der Waals surface area contributed by atoms with Crippen LogP contribution in [-0.4, -0.2) is 16.7 Å². The van der Waals surface area contributed by atoms with Gasteiger partial charge in [-0.15, -0.1) is 0 Å². The Kier molecular flexibility index (Phi) is 4.91. The molecule has 7 rings (SSSR count). The molecule has 2 amide bonds. The Bertz CT molecular complexity index is 1880. The van der Waals surface area contributed by atoms with E-state index in [9.17, 15) is 18.8 Å². The average molecular weight is 521 g/mol. The molecule has 8 heteroatoms. The number of hydrogen-bond acceptors (Lipinski definition) is 5. The van der Waals surface area contributed by atoms with E-state index in [1.165, 1.54) is 22.1 Å². The molecule has 4 heterocycles. The summed E-state index contributed by atoms with van der Waals surface area (Å²) in [4.78, 5) is 45.7. The number of nitrogens with zero attached hydrogens (tertiary/aromatic N) is 2. The summed E-state index contributed by atoms with van der Waals surface area (Å²) < 4.78 is 26.4. The molecule has 2 aliphatic heterocycles. The minimum Gasteiger partial charge on any atom is -0.467 e. The van der Waals surface area contributed by atoms with Gasteiger partial charge in [0.05, 0.1) is 36.0 Å². The fourth-order valence-corrected chi connectivity index (χ4v) is 5.84. The number of benzene rings is 3. The van der Waals surface area contributed by atoms with E-state index in [-0.39, 0.29) is 35.4 Å². The van der Waals surface area contributed by atoms with Crippen molar-refractivity contribution in [1.82, 2.24) is 4.90 Å². The molecule has 0 fully saturated rings. The summed E-state index contributed by atoms with van der Waals surface area (Å²) in [7, 11) is 0. The molecule has 0 bridgehead atoms. The molecule has 2 aromatic heterocycles. The largest absolute Gasteiger partial charge is 0.467 e. The Labute approximate surface area is 221 Å². The Hall–Kier alpha value is -4.98. The molecule has 0 saturated carbocycles. The van der Waals surface area contributed by atoms with Crippen molar-refractivity contribution in [3.8, 4) is 0 Å². The monoisotopic (exact) mass is 520 g/mol. The van der Waals surface area contributed by atoms with E-state index in [1.807, 2.05) is 6.92 Å². The number of fused-ring (bicyclic) bond motifs is 5. The minimum atomic E-state index is -1.82. The highest BCUT2D eigenvalue weighted by molar-refractivity contribution is 6.17. The van der Waals surface area contributed by atoms with Crippen molar-refractivity contribution in [2.45, 2.75) is 25.6 Å². The lowest BCUT2D eigenvalue weighted by molar-refractivity contribution is -0.126. The second kappa shape index (κ2) is 8.26. The lowest BCUT2D eigenvalue weighted by Crippen LogP contribution is -2.52. The van der Waals surface area contributed by atoms with Crippen molar-refractivity contribution in [2.75, 3.05) is 4.90 Å². The van der Waals surface area contributed by atoms with E-state index in [0.29, 0.717) is 22.6 Å². The van der Waals surface area contributed by atoms with Gasteiger partial charge in [-0.3, -0.25) is 14.4 Å². The van der Waals surface area contributed by atoms with E-state index < -0.39 is 28.6 Å². The van der Waals surface area contributed by atoms with Crippen molar-refractivity contribution in [3.05, 3.63) is 135 Å². The van der Waals surface area contributed by atoms with E-state index >= 15 is 0 Å². The highest BCUT2D eigenvalue weighted by atomic mass is 19.1. The summed E-state index contributed by atoms with van der Waals surface area (Å²) >= 11 is 0. The number of para-hydroxylation sites is 1. The molecule has 39 heavy (non-hydrogen) atoms. The molecular weight excluding hydrogens is 499 g/mol. The lowest BCUT2D eigenvalue weighted by Gasteiger charge is -2.33. The van der Waals surface area contributed by atoms with Gasteiger partial charge in [-0.2, -0.15) is 0 Å². The second-order valence-corrected chi connectivity index (χ2v) is 9.82. The summed E-state index contributed by atoms with van der Waals surface area (Å²) in [5, 5.41) is 0.276. The van der Waals surface area contributed by atoms with Crippen LogP contribution in [0.4, 0.5) is 10.1 Å². The van der Waals surface area contributed by atoms with Gasteiger partial charge in [0.1, 0.15) is 17.2 Å². The predicted octanol–water partition coefficient (Wildman–Crippen LogP) is 5.28. The van der Waals surface area contributed by atoms with Crippen LogP contribution in [0.15, 0.2) is 98.8 Å². The number of hydrogen-bond donors (Lipinski definition) is 0. The molecule has 1 atom stereocenters. The van der Waals surface area contributed by atoms with Gasteiger partial charge in [0.15, 0.2) is 11.0 Å². The maximum atomic E-state index is 14.7. The van der Waals surface area contributed by atoms with E-state index in [0.717, 1.165) is 5.56 Å². The number of carbonyl (C=O) groups is 2. The molecule has 192 valence electrons. The first kappa shape index (κ1) is 23.2. The number of amides is 2. The Morgan fingerprint density at radius 2 is 1.69 bits per heavy atom. The molecule has 7 nitrogen and oxygen atoms in total. The quantitative estimate of drug-likeness (QED) is 0.322. The van der Waals surface area contributed by atoms with Crippen molar-refractivity contribution in [2.24, 2.45) is 0 Å². The third kappa shape index (κ3) is 3.11. The van der Waals surface area contributed by atoms with Crippen LogP contribution in [-0.2, 0) is 23.4 Å². The fourth-order valence-electron chi connectivity index (χ4n) is 5.84. The highest BCUT2D eigenvalue weighted by Crippen LogP contribution is 2.53. The lowest BCUT2D eigenvalue weighted by atomic mass is 9.84. The fraction of sp³-hybridized carbons (Fsp3) is 0.129. The second-order valence-electron chi connectivity index (χ2n) is 9.82. The van der Waals surface area contributed by atoms with Gasteiger partial charge >= 0.3 is 0 Å². The standard InChI is InChI=1S/C31H21FN2O5/c1-18-12-13-25-21(15-18)27(35)26-28(39-25)29(36)34(17-20-8-6-14-38-20)31(26)22-9-3-5-11-24(22)33(30(31)37)16-19-7-2-4-10-23(19)32/h2-15H,16-17H2,1H3/t31-/m0/s1. The van der Waals surface area contributed by atoms with Gasteiger partial charge in [0.2, 0.25) is 5.76 Å². The summed E-state index contributed by atoms with van der Waals surface area (Å²) in [5.41, 5.74) is 0.0192. The highest BCUT2D eigenvalue weighted by Gasteiger charge is 2.65. The topological polar surface area (TPSA) is 84.0 Å². The third-order valence-electron chi connectivity index (χ3n) is 7.57. The van der Waals surface area contributed by atoms with Crippen LogP contribution in [0, 0.1) is 12.7 Å². The maximum Gasteiger partial charge on any atom is 0.291 e. The van der Waals surface area contributed by atoms with Gasteiger partial charge in [0, 0.05) is 11.1 Å². The van der Waals surface area contributed by atoms with Crippen molar-refractivity contribution in [3.63, 3.8) is 0 Å². The Balaban J connectivity index is 1.53. The van der Waals surface area contributed by atoms with Crippen molar-refractivity contribution >= 4 is 28.5 Å². The Morgan fingerprint density at radius 3 is 2.49 bits per heavy atom. The number of furan rings is 1. The van der Waals surface area contributed by atoms with Crippen molar-refractivity contribution < 1.29 is 22.8 Å². The Morgan fingerprint density at radius 1 is 0.897 bits per heavy atom. The van der Waals surface area contributed by atoms with Crippen molar-refractivity contribution in [1.29, 1.82) is 0 Å². The summed E-state index contributed by atoms with van der Waals surface area (Å²) in [6.07, 6.45) is 1.48. The van der Waals surface area contributed by atoms with E-state index in [4.69, 9.17) is 8.83 Å². The van der Waals surface area contributed by atoms with Gasteiger partial charge in [-0.05, 0) is 43.3 Å². The summed E-state index contributed by atoms with van der Waals surface area (Å²) in [6, 6.07) is 21.7. The first-order chi connectivity index (χ1) is 18.9. The first-order valence-electron chi connectivity index (χ1n) is 12.5. The molecule has 0 aliphatic carbocycles. The smallest absolute Gasteiger partial charge is 0.291 e. The maximum absolute atomic E-state index is 14.7. The number of rotatable bonds is 4. The zero-order valence-electron chi connectivity index (χ0n) is 20.8. The van der Waals surface area contributed by atoms with Crippen LogP contribution >= 0.6 is 0 Å². The minimum absolute atomic E-state index is 0.0364. The van der Waals surface area contributed by atoms with Gasteiger partial charge < -0.3 is 18.6 Å². The number of anilines is 1. The van der Waals surface area contributed by atoms with Crippen LogP contribution in [0.2, 0.25) is 0 Å². The van der Waals surface area contributed by atoms with Crippen LogP contribution < -0.4 is 10.3 Å². The summed E-state index contributed by atoms with van der Waals surface area (Å²) in [6.45, 7) is 1.68. The first-order valence-corrected chi connectivity index (χ1v) is 12.5. The summed E-state index contributed by atoms with van der Waals surface area (Å²) in [5.74, 6) is -1.35. The van der Waals surface area contributed by atoms with Gasteiger partial charge in [0.25, 0.3) is 11.8 Å². The van der Waals surface area contributed by atoms with E-state index in [1.54, 1.807) is 72.8 Å². The van der Waals surface area contributed by atoms with Gasteiger partial charge in [-0.1, -0.05) is 48.0 Å². The van der Waals surface area contributed by atoms with Crippen LogP contribution in [0.3, 0.4) is 0 Å². The number of carbonyl (C=O) groups excluding carboxylic acids is 2. The molecule has 5 aromatic rings. The molecule has 1 spiro atoms. The van der Waals surface area contributed by atoms with E-state index in [2.05, 4.69) is 0 Å². The number of halogens is 1. The molecule has 0 radical (unpaired) electrons. The molecular formula is C31H21FN2O5. The van der Waals surface area contributed by atoms with Crippen LogP contribution in [0.1, 0.15) is 38.6 Å². The molecule has 0 unspecified atom stereocenters. The van der Waals surface area contributed by atoms with Crippen LogP contribution in [0.5, 0.6) is 0 Å². The molecule has 0 N–H and O–H groups in total.